The molecular weight excluding hydrogens is 504 g/mol. The van der Waals surface area contributed by atoms with Crippen molar-refractivity contribution in [3.8, 4) is 0 Å². The number of aliphatic carboxylic acids is 1. The number of carbonyl (C=O) groups is 4. The maximum Gasteiger partial charge on any atom is 0.326 e. The van der Waals surface area contributed by atoms with E-state index in [-0.39, 0.29) is 31.3 Å². The lowest BCUT2D eigenvalue weighted by Crippen LogP contribution is -2.57. The number of rotatable bonds is 15. The first-order chi connectivity index (χ1) is 18.4. The minimum absolute atomic E-state index is 0.108. The molecular formula is C26H40N8O5. The minimum Gasteiger partial charge on any atom is -0.480 e. The van der Waals surface area contributed by atoms with Crippen molar-refractivity contribution in [2.45, 2.75) is 70.6 Å². The molecule has 5 atom stereocenters. The minimum atomic E-state index is -1.17. The number of hydrogen-bond donors (Lipinski definition) is 8. The summed E-state index contributed by atoms with van der Waals surface area (Å²) in [6.07, 6.45) is 3.06. The summed E-state index contributed by atoms with van der Waals surface area (Å²) in [5, 5.41) is 18.2. The van der Waals surface area contributed by atoms with Crippen LogP contribution >= 0.6 is 0 Å². The number of nitrogens with zero attached hydrogens (tertiary/aromatic N) is 1. The number of nitrogens with one attached hydrogen (secondary N) is 4. The predicted molar refractivity (Wildman–Crippen MR) is 148 cm³/mol. The largest absolute Gasteiger partial charge is 0.480 e. The molecule has 2 rings (SSSR count). The van der Waals surface area contributed by atoms with E-state index in [0.29, 0.717) is 12.8 Å². The molecule has 13 heteroatoms. The van der Waals surface area contributed by atoms with Gasteiger partial charge >= 0.3 is 5.97 Å². The number of fused-ring (bicyclic) bond motifs is 1. The molecule has 1 aromatic carbocycles. The molecule has 13 nitrogen and oxygen atoms in total. The lowest BCUT2D eigenvalue weighted by Gasteiger charge is -2.25. The maximum absolute atomic E-state index is 13.0. The molecule has 5 unspecified atom stereocenters. The highest BCUT2D eigenvalue weighted by molar-refractivity contribution is 5.94. The van der Waals surface area contributed by atoms with Gasteiger partial charge in [0.15, 0.2) is 5.96 Å². The van der Waals surface area contributed by atoms with Crippen LogP contribution in [0.2, 0.25) is 0 Å². The van der Waals surface area contributed by atoms with Gasteiger partial charge in [0.05, 0.1) is 6.04 Å². The fraction of sp³-hybridized carbons (Fsp3) is 0.500. The summed E-state index contributed by atoms with van der Waals surface area (Å²) in [6, 6.07) is 3.52. The summed E-state index contributed by atoms with van der Waals surface area (Å²) in [7, 11) is 0. The average molecular weight is 545 g/mol. The molecule has 1 aromatic heterocycles. The Hall–Kier alpha value is -4.13. The average Bonchev–Trinajstić information content (AvgIpc) is 3.30. The van der Waals surface area contributed by atoms with Crippen molar-refractivity contribution in [3.63, 3.8) is 0 Å². The second-order valence-electron chi connectivity index (χ2n) is 9.62. The lowest BCUT2D eigenvalue weighted by atomic mass is 9.98. The number of carbonyl (C=O) groups excluding carboxylic acids is 3. The van der Waals surface area contributed by atoms with Gasteiger partial charge in [-0.1, -0.05) is 38.5 Å². The maximum atomic E-state index is 13.0. The Balaban J connectivity index is 2.03. The summed E-state index contributed by atoms with van der Waals surface area (Å²) in [5.74, 6) is -3.42. The monoisotopic (exact) mass is 544 g/mol. The van der Waals surface area contributed by atoms with Crippen LogP contribution in [0.1, 0.15) is 45.6 Å². The molecule has 39 heavy (non-hydrogen) atoms. The zero-order valence-corrected chi connectivity index (χ0v) is 22.6. The summed E-state index contributed by atoms with van der Waals surface area (Å²) in [5.41, 5.74) is 18.6. The highest BCUT2D eigenvalue weighted by Gasteiger charge is 2.30. The van der Waals surface area contributed by atoms with E-state index < -0.39 is 47.9 Å². The Morgan fingerprint density at radius 2 is 1.72 bits per heavy atom. The lowest BCUT2D eigenvalue weighted by molar-refractivity contribution is -0.143. The number of aromatic nitrogens is 1. The van der Waals surface area contributed by atoms with Crippen LogP contribution in [0.15, 0.2) is 35.5 Å². The quantitative estimate of drug-likeness (QED) is 0.0840. The van der Waals surface area contributed by atoms with Gasteiger partial charge in [-0.2, -0.15) is 0 Å². The zero-order valence-electron chi connectivity index (χ0n) is 22.6. The van der Waals surface area contributed by atoms with Gasteiger partial charge in [0.1, 0.15) is 18.1 Å². The number of nitrogens with two attached hydrogens (primary N) is 3. The van der Waals surface area contributed by atoms with Crippen molar-refractivity contribution < 1.29 is 24.3 Å². The molecule has 0 saturated carbocycles. The van der Waals surface area contributed by atoms with E-state index in [0.717, 1.165) is 16.5 Å². The van der Waals surface area contributed by atoms with E-state index in [1.54, 1.807) is 13.1 Å². The Bertz CT molecular complexity index is 1180. The van der Waals surface area contributed by atoms with Gasteiger partial charge in [-0.25, -0.2) is 4.79 Å². The first-order valence-corrected chi connectivity index (χ1v) is 12.9. The topological polar surface area (TPSA) is 231 Å². The molecule has 0 bridgehead atoms. The molecule has 0 spiro atoms. The van der Waals surface area contributed by atoms with Crippen molar-refractivity contribution in [3.05, 3.63) is 36.0 Å². The van der Waals surface area contributed by atoms with Crippen LogP contribution in [0, 0.1) is 5.92 Å². The number of carboxylic acids is 1. The van der Waals surface area contributed by atoms with E-state index in [4.69, 9.17) is 17.2 Å². The molecule has 0 fully saturated rings. The zero-order chi connectivity index (χ0) is 29.1. The van der Waals surface area contributed by atoms with E-state index in [2.05, 4.69) is 25.9 Å². The van der Waals surface area contributed by atoms with Crippen molar-refractivity contribution >= 4 is 40.6 Å². The number of amides is 3. The first-order valence-electron chi connectivity index (χ1n) is 12.9. The van der Waals surface area contributed by atoms with Crippen molar-refractivity contribution in [1.29, 1.82) is 0 Å². The fourth-order valence-electron chi connectivity index (χ4n) is 4.02. The van der Waals surface area contributed by atoms with E-state index >= 15 is 0 Å². The molecule has 0 aliphatic heterocycles. The van der Waals surface area contributed by atoms with Crippen molar-refractivity contribution in [1.82, 2.24) is 20.9 Å². The van der Waals surface area contributed by atoms with Gasteiger partial charge in [0.2, 0.25) is 17.7 Å². The highest BCUT2D eigenvalue weighted by atomic mass is 16.4. The van der Waals surface area contributed by atoms with Gasteiger partial charge in [-0.05, 0) is 43.7 Å². The van der Waals surface area contributed by atoms with Crippen LogP contribution in [0.3, 0.4) is 0 Å². The standard InChI is InChI=1S/C26H40N8O5/c1-4-14(2)21(25(38)39)34-24(37)20(10-7-11-30-26(28)29)33-22(35)15(3)32-23(36)18(27)12-16-13-31-19-9-6-5-8-17(16)19/h5-6,8-9,13-15,18,20-21,31H,4,7,10-12,27H2,1-3H3,(H,32,36)(H,33,35)(H,34,37)(H,38,39)(H4,28,29,30). The third-order valence-corrected chi connectivity index (χ3v) is 6.56. The number of benzene rings is 1. The van der Waals surface area contributed by atoms with Crippen LogP contribution in [-0.2, 0) is 25.6 Å². The van der Waals surface area contributed by atoms with Gasteiger partial charge in [0, 0.05) is 23.6 Å². The molecule has 1 heterocycles. The first kappa shape index (κ1) is 31.1. The highest BCUT2D eigenvalue weighted by Crippen LogP contribution is 2.18. The second kappa shape index (κ2) is 14.7. The molecule has 11 N–H and O–H groups in total. The van der Waals surface area contributed by atoms with Gasteiger partial charge in [0.25, 0.3) is 0 Å². The number of carboxylic acid groups (broad SMARTS) is 1. The van der Waals surface area contributed by atoms with Crippen LogP contribution in [-0.4, -0.2) is 70.5 Å². The smallest absolute Gasteiger partial charge is 0.326 e. The van der Waals surface area contributed by atoms with E-state index in [9.17, 15) is 24.3 Å². The third kappa shape index (κ3) is 9.28. The number of guanidine groups is 1. The SMILES string of the molecule is CCC(C)C(NC(=O)C(CCCN=C(N)N)NC(=O)C(C)NC(=O)C(N)Cc1c[nH]c2ccccc12)C(=O)O. The third-order valence-electron chi connectivity index (χ3n) is 6.56. The predicted octanol–water partition coefficient (Wildman–Crippen LogP) is -0.304. The Kier molecular flexibility index (Phi) is 11.7. The van der Waals surface area contributed by atoms with Gasteiger partial charge in [-0.3, -0.25) is 19.4 Å². The Morgan fingerprint density at radius 3 is 2.36 bits per heavy atom. The number of aromatic amines is 1. The summed E-state index contributed by atoms with van der Waals surface area (Å²) < 4.78 is 0. The fourth-order valence-corrected chi connectivity index (χ4v) is 4.02. The number of para-hydroxylation sites is 1. The van der Waals surface area contributed by atoms with E-state index in [1.165, 1.54) is 6.92 Å². The van der Waals surface area contributed by atoms with Crippen molar-refractivity contribution in [2.24, 2.45) is 28.1 Å². The van der Waals surface area contributed by atoms with Crippen LogP contribution in [0.5, 0.6) is 0 Å². The van der Waals surface area contributed by atoms with Crippen LogP contribution in [0.4, 0.5) is 0 Å². The molecule has 0 aliphatic carbocycles. The number of aliphatic imine (C=N–C) groups is 1. The molecule has 3 amide bonds. The summed E-state index contributed by atoms with van der Waals surface area (Å²) >= 11 is 0. The summed E-state index contributed by atoms with van der Waals surface area (Å²) in [4.78, 5) is 57.3. The van der Waals surface area contributed by atoms with E-state index in [1.807, 2.05) is 31.2 Å². The van der Waals surface area contributed by atoms with Crippen LogP contribution in [0.25, 0.3) is 10.9 Å². The van der Waals surface area contributed by atoms with Gasteiger partial charge < -0.3 is 43.2 Å². The van der Waals surface area contributed by atoms with Gasteiger partial charge in [-0.15, -0.1) is 0 Å². The van der Waals surface area contributed by atoms with Crippen LogP contribution < -0.4 is 33.2 Å². The Morgan fingerprint density at radius 1 is 1.03 bits per heavy atom. The van der Waals surface area contributed by atoms with Crippen molar-refractivity contribution in [2.75, 3.05) is 6.54 Å². The molecule has 0 radical (unpaired) electrons. The Labute approximate surface area is 227 Å². The number of hydrogen-bond acceptors (Lipinski definition) is 6. The summed E-state index contributed by atoms with van der Waals surface area (Å²) in [6.45, 7) is 5.21. The molecule has 214 valence electrons. The number of H-pyrrole nitrogens is 1. The normalized spacial score (nSPS) is 14.9. The molecule has 0 saturated heterocycles. The molecule has 0 aliphatic rings. The molecule has 2 aromatic rings. The second-order valence-corrected chi connectivity index (χ2v) is 9.62.